The lowest BCUT2D eigenvalue weighted by Gasteiger charge is -2.04. The van der Waals surface area contributed by atoms with Gasteiger partial charge in [0, 0.05) is 10.0 Å². The van der Waals surface area contributed by atoms with Crippen LogP contribution in [-0.4, -0.2) is 26.1 Å². The van der Waals surface area contributed by atoms with E-state index in [0.29, 0.717) is 26.8 Å². The summed E-state index contributed by atoms with van der Waals surface area (Å²) in [6, 6.07) is 9.63. The Bertz CT molecular complexity index is 809. The maximum absolute atomic E-state index is 10.9. The molecule has 0 atom stereocenters. The van der Waals surface area contributed by atoms with Gasteiger partial charge < -0.3 is 5.11 Å². The zero-order chi connectivity index (χ0) is 14.3. The monoisotopic (exact) mass is 307 g/mol. The molecule has 1 N–H and O–H groups in total. The predicted molar refractivity (Wildman–Crippen MR) is 75.8 cm³/mol. The molecule has 1 heterocycles. The maximum atomic E-state index is 10.9. The highest BCUT2D eigenvalue weighted by Gasteiger charge is 2.11. The molecule has 5 nitrogen and oxygen atoms in total. The number of carbonyl (C=O) groups is 1. The number of halogens is 2. The van der Waals surface area contributed by atoms with Crippen LogP contribution in [0.25, 0.3) is 16.7 Å². The number of aromatic carboxylic acids is 1. The number of rotatable bonds is 2. The van der Waals surface area contributed by atoms with Crippen LogP contribution in [0.3, 0.4) is 0 Å². The summed E-state index contributed by atoms with van der Waals surface area (Å²) >= 11 is 11.9. The Balaban J connectivity index is 2.19. The molecule has 0 fully saturated rings. The first-order chi connectivity index (χ1) is 9.54. The average molecular weight is 308 g/mol. The van der Waals surface area contributed by atoms with Crippen molar-refractivity contribution < 1.29 is 9.90 Å². The predicted octanol–water partition coefficient (Wildman–Crippen LogP) is 3.43. The third-order valence-corrected chi connectivity index (χ3v) is 3.22. The molecule has 1 aromatic heterocycles. The van der Waals surface area contributed by atoms with Gasteiger partial charge in [-0.25, -0.2) is 9.48 Å². The van der Waals surface area contributed by atoms with E-state index in [1.165, 1.54) is 12.1 Å². The van der Waals surface area contributed by atoms with Crippen LogP contribution in [0, 0.1) is 0 Å². The van der Waals surface area contributed by atoms with Gasteiger partial charge in [0.05, 0.1) is 16.8 Å². The molecule has 0 bridgehead atoms. The lowest BCUT2D eigenvalue weighted by atomic mass is 10.2. The van der Waals surface area contributed by atoms with E-state index in [0.717, 1.165) is 0 Å². The Morgan fingerprint density at radius 1 is 1.10 bits per heavy atom. The quantitative estimate of drug-likeness (QED) is 0.787. The molecule has 0 saturated carbocycles. The molecular weight excluding hydrogens is 301 g/mol. The van der Waals surface area contributed by atoms with Crippen LogP contribution in [0.4, 0.5) is 0 Å². The molecule has 2 aromatic carbocycles. The molecule has 0 saturated heterocycles. The van der Waals surface area contributed by atoms with Gasteiger partial charge in [0.25, 0.3) is 0 Å². The first-order valence-corrected chi connectivity index (χ1v) is 6.35. The molecule has 3 aromatic rings. The van der Waals surface area contributed by atoms with E-state index in [2.05, 4.69) is 10.3 Å². The summed E-state index contributed by atoms with van der Waals surface area (Å²) in [6.07, 6.45) is 0. The number of hydrogen-bond acceptors (Lipinski definition) is 3. The van der Waals surface area contributed by atoms with Gasteiger partial charge in [-0.2, -0.15) is 0 Å². The minimum atomic E-state index is -1.01. The number of nitrogens with zero attached hydrogens (tertiary/aromatic N) is 3. The highest BCUT2D eigenvalue weighted by molar-refractivity contribution is 6.34. The molecule has 20 heavy (non-hydrogen) atoms. The summed E-state index contributed by atoms with van der Waals surface area (Å²) < 4.78 is 1.55. The minimum Gasteiger partial charge on any atom is -0.478 e. The van der Waals surface area contributed by atoms with E-state index in [1.54, 1.807) is 28.9 Å². The molecule has 7 heteroatoms. The lowest BCUT2D eigenvalue weighted by Crippen LogP contribution is -1.98. The van der Waals surface area contributed by atoms with E-state index >= 15 is 0 Å². The fraction of sp³-hybridized carbons (Fsp3) is 0. The molecule has 0 radical (unpaired) electrons. The second-order valence-corrected chi connectivity index (χ2v) is 5.01. The summed E-state index contributed by atoms with van der Waals surface area (Å²) in [5, 5.41) is 17.9. The summed E-state index contributed by atoms with van der Waals surface area (Å²) in [5.41, 5.74) is 1.98. The fourth-order valence-corrected chi connectivity index (χ4v) is 2.42. The summed E-state index contributed by atoms with van der Waals surface area (Å²) in [7, 11) is 0. The zero-order valence-electron chi connectivity index (χ0n) is 9.92. The topological polar surface area (TPSA) is 68.0 Å². The highest BCUT2D eigenvalue weighted by Crippen LogP contribution is 2.24. The summed E-state index contributed by atoms with van der Waals surface area (Å²) in [5.74, 6) is -1.01. The second-order valence-electron chi connectivity index (χ2n) is 4.14. The van der Waals surface area contributed by atoms with Gasteiger partial charge in [-0.1, -0.05) is 28.4 Å². The Morgan fingerprint density at radius 2 is 1.80 bits per heavy atom. The van der Waals surface area contributed by atoms with Crippen molar-refractivity contribution in [1.29, 1.82) is 0 Å². The molecule has 100 valence electrons. The SMILES string of the molecule is O=C(O)c1ccc2c(c1)nnn2-c1cc(Cl)cc(Cl)c1. The van der Waals surface area contributed by atoms with E-state index < -0.39 is 5.97 Å². The van der Waals surface area contributed by atoms with Gasteiger partial charge in [-0.3, -0.25) is 0 Å². The average Bonchev–Trinajstić information content (AvgIpc) is 2.80. The van der Waals surface area contributed by atoms with Crippen molar-refractivity contribution in [1.82, 2.24) is 15.0 Å². The maximum Gasteiger partial charge on any atom is 0.335 e. The van der Waals surface area contributed by atoms with Gasteiger partial charge in [0.1, 0.15) is 5.52 Å². The molecular formula is C13H7Cl2N3O2. The Labute approximate surface area is 123 Å². The van der Waals surface area contributed by atoms with Crippen LogP contribution in [-0.2, 0) is 0 Å². The van der Waals surface area contributed by atoms with E-state index in [-0.39, 0.29) is 5.56 Å². The van der Waals surface area contributed by atoms with Crippen LogP contribution in [0.15, 0.2) is 36.4 Å². The summed E-state index contributed by atoms with van der Waals surface area (Å²) in [6.45, 7) is 0. The Hall–Kier alpha value is -2.11. The number of hydrogen-bond donors (Lipinski definition) is 1. The third-order valence-electron chi connectivity index (χ3n) is 2.78. The fourth-order valence-electron chi connectivity index (χ4n) is 1.91. The van der Waals surface area contributed by atoms with Gasteiger partial charge in [-0.05, 0) is 36.4 Å². The molecule has 0 amide bonds. The number of fused-ring (bicyclic) bond motifs is 1. The largest absolute Gasteiger partial charge is 0.478 e. The zero-order valence-corrected chi connectivity index (χ0v) is 11.4. The van der Waals surface area contributed by atoms with Crippen LogP contribution >= 0.6 is 23.2 Å². The molecule has 0 aliphatic rings. The number of carboxylic acids is 1. The van der Waals surface area contributed by atoms with Crippen LogP contribution in [0.2, 0.25) is 10.0 Å². The second kappa shape index (κ2) is 4.77. The smallest absolute Gasteiger partial charge is 0.335 e. The molecule has 0 aliphatic carbocycles. The summed E-state index contributed by atoms with van der Waals surface area (Å²) in [4.78, 5) is 10.9. The van der Waals surface area contributed by atoms with Crippen molar-refractivity contribution in [2.24, 2.45) is 0 Å². The van der Waals surface area contributed by atoms with Crippen LogP contribution < -0.4 is 0 Å². The third kappa shape index (κ3) is 2.21. The van der Waals surface area contributed by atoms with E-state index in [1.807, 2.05) is 0 Å². The van der Waals surface area contributed by atoms with E-state index in [4.69, 9.17) is 28.3 Å². The molecule has 0 unspecified atom stereocenters. The Morgan fingerprint density at radius 3 is 2.45 bits per heavy atom. The van der Waals surface area contributed by atoms with Crippen molar-refractivity contribution in [3.63, 3.8) is 0 Å². The van der Waals surface area contributed by atoms with Crippen molar-refractivity contribution in [2.45, 2.75) is 0 Å². The molecule has 3 rings (SSSR count). The van der Waals surface area contributed by atoms with Gasteiger partial charge >= 0.3 is 5.97 Å². The first kappa shape index (κ1) is 12.9. The standard InChI is InChI=1S/C13H7Cl2N3O2/c14-8-4-9(15)6-10(5-8)18-12-2-1-7(13(19)20)3-11(12)16-17-18/h1-6H,(H,19,20). The first-order valence-electron chi connectivity index (χ1n) is 5.60. The van der Waals surface area contributed by atoms with Gasteiger partial charge in [0.2, 0.25) is 0 Å². The van der Waals surface area contributed by atoms with Crippen molar-refractivity contribution in [3.8, 4) is 5.69 Å². The normalized spacial score (nSPS) is 10.9. The van der Waals surface area contributed by atoms with Crippen molar-refractivity contribution in [3.05, 3.63) is 52.0 Å². The van der Waals surface area contributed by atoms with Gasteiger partial charge in [0.15, 0.2) is 0 Å². The number of aromatic nitrogens is 3. The van der Waals surface area contributed by atoms with Gasteiger partial charge in [-0.15, -0.1) is 5.10 Å². The molecule has 0 spiro atoms. The van der Waals surface area contributed by atoms with Crippen molar-refractivity contribution in [2.75, 3.05) is 0 Å². The number of carboxylic acid groups (broad SMARTS) is 1. The highest BCUT2D eigenvalue weighted by atomic mass is 35.5. The molecule has 0 aliphatic heterocycles. The lowest BCUT2D eigenvalue weighted by molar-refractivity contribution is 0.0697. The van der Waals surface area contributed by atoms with Crippen LogP contribution in [0.5, 0.6) is 0 Å². The van der Waals surface area contributed by atoms with E-state index in [9.17, 15) is 4.79 Å². The minimum absolute atomic E-state index is 0.161. The number of benzene rings is 2. The van der Waals surface area contributed by atoms with Crippen LogP contribution in [0.1, 0.15) is 10.4 Å². The van der Waals surface area contributed by atoms with Crippen molar-refractivity contribution >= 4 is 40.2 Å². The Kier molecular flexibility index (Phi) is 3.08.